The van der Waals surface area contributed by atoms with E-state index in [0.717, 1.165) is 6.07 Å². The molecule has 12 nitrogen and oxygen atoms in total. The molecule has 4 aromatic rings. The minimum Gasteiger partial charge on any atom is -0.494 e. The summed E-state index contributed by atoms with van der Waals surface area (Å²) in [6, 6.07) is 5.38. The molecule has 1 amide bonds. The van der Waals surface area contributed by atoms with E-state index in [2.05, 4.69) is 25.3 Å². The zero-order valence-electron chi connectivity index (χ0n) is 22.5. The van der Waals surface area contributed by atoms with E-state index in [1.807, 2.05) is 0 Å². The molecule has 3 aromatic heterocycles. The minimum atomic E-state index is -4.67. The first-order valence-electron chi connectivity index (χ1n) is 12.9. The number of benzene rings is 1. The summed E-state index contributed by atoms with van der Waals surface area (Å²) in [5.41, 5.74) is 4.86. The van der Waals surface area contributed by atoms with E-state index in [0.29, 0.717) is 5.95 Å². The highest BCUT2D eigenvalue weighted by molar-refractivity contribution is 5.99. The maximum Gasteiger partial charge on any atom is 0.433 e. The number of nitrogens with zero attached hydrogens (tertiary/aromatic N) is 5. The Balaban J connectivity index is 1.51. The molecule has 3 N–H and O–H groups in total. The van der Waals surface area contributed by atoms with Crippen LogP contribution in [0.25, 0.3) is 22.4 Å². The molecule has 5 rings (SSSR count). The first kappa shape index (κ1) is 28.7. The molecule has 2 atom stereocenters. The minimum absolute atomic E-state index is 0.0317. The number of ether oxygens (including phenoxy) is 2. The summed E-state index contributed by atoms with van der Waals surface area (Å²) in [4.78, 5) is 44.4. The van der Waals surface area contributed by atoms with E-state index in [1.165, 1.54) is 30.2 Å². The number of oxazole rings is 1. The standard InChI is InChI=1S/C27H26F3N7O5/c1-3-41-25(39)17-11-14(34-26-32-9-4-10-33-26)13-37(17)24(38)22-19(12-31)42-23(36-22)16-5-7-18(40-2)21-15(16)6-8-20(35-21)27(28,29)30/h4-10,14,17H,3,11-13,31H2,1-2H3,(H,32,33,34)/t14-,17-/m0/s1. The van der Waals surface area contributed by atoms with Crippen molar-refractivity contribution in [3.63, 3.8) is 0 Å². The lowest BCUT2D eigenvalue weighted by Gasteiger charge is -2.22. The Bertz CT molecular complexity index is 1610. The number of methoxy groups -OCH3 is 1. The maximum atomic E-state index is 13.8. The largest absolute Gasteiger partial charge is 0.494 e. The molecule has 0 unspecified atom stereocenters. The van der Waals surface area contributed by atoms with Gasteiger partial charge in [-0.25, -0.2) is 24.7 Å². The van der Waals surface area contributed by atoms with Gasteiger partial charge in [0, 0.05) is 42.4 Å². The molecule has 0 spiro atoms. The normalized spacial score (nSPS) is 17.0. The van der Waals surface area contributed by atoms with Crippen LogP contribution in [0.3, 0.4) is 0 Å². The first-order chi connectivity index (χ1) is 20.1. The highest BCUT2D eigenvalue weighted by atomic mass is 19.4. The van der Waals surface area contributed by atoms with Crippen LogP contribution in [0.4, 0.5) is 19.1 Å². The quantitative estimate of drug-likeness (QED) is 0.292. The number of halogens is 3. The summed E-state index contributed by atoms with van der Waals surface area (Å²) >= 11 is 0. The molecule has 42 heavy (non-hydrogen) atoms. The molecule has 0 aliphatic carbocycles. The van der Waals surface area contributed by atoms with Crippen LogP contribution < -0.4 is 15.8 Å². The van der Waals surface area contributed by atoms with Crippen molar-refractivity contribution in [3.8, 4) is 17.2 Å². The van der Waals surface area contributed by atoms with Crippen molar-refractivity contribution in [2.45, 2.75) is 38.1 Å². The van der Waals surface area contributed by atoms with Crippen LogP contribution in [0, 0.1) is 0 Å². The second-order valence-electron chi connectivity index (χ2n) is 9.28. The van der Waals surface area contributed by atoms with E-state index in [9.17, 15) is 22.8 Å². The van der Waals surface area contributed by atoms with Gasteiger partial charge in [0.25, 0.3) is 5.91 Å². The molecular weight excluding hydrogens is 559 g/mol. The lowest BCUT2D eigenvalue weighted by atomic mass is 10.1. The number of carbonyl (C=O) groups excluding carboxylic acids is 2. The smallest absolute Gasteiger partial charge is 0.433 e. The Hall–Kier alpha value is -4.79. The van der Waals surface area contributed by atoms with Gasteiger partial charge in [0.2, 0.25) is 11.8 Å². The molecular formula is C27H26F3N7O5. The van der Waals surface area contributed by atoms with Gasteiger partial charge in [-0.15, -0.1) is 0 Å². The SMILES string of the molecule is CCOC(=O)[C@@H]1C[C@H](Nc2ncccn2)CN1C(=O)c1nc(-c2ccc(OC)c3nc(C(F)(F)F)ccc23)oc1CN. The van der Waals surface area contributed by atoms with Crippen LogP contribution in [-0.2, 0) is 22.3 Å². The molecule has 0 radical (unpaired) electrons. The summed E-state index contributed by atoms with van der Waals surface area (Å²) in [7, 11) is 1.31. The number of rotatable bonds is 8. The zero-order valence-corrected chi connectivity index (χ0v) is 22.5. The Morgan fingerprint density at radius 2 is 1.93 bits per heavy atom. The number of anilines is 1. The number of fused-ring (bicyclic) bond motifs is 1. The van der Waals surface area contributed by atoms with Crippen molar-refractivity contribution in [1.82, 2.24) is 24.8 Å². The van der Waals surface area contributed by atoms with Gasteiger partial charge in [0.1, 0.15) is 23.0 Å². The predicted molar refractivity (Wildman–Crippen MR) is 142 cm³/mol. The third kappa shape index (κ3) is 5.54. The maximum absolute atomic E-state index is 13.8. The van der Waals surface area contributed by atoms with E-state index in [1.54, 1.807) is 25.4 Å². The summed E-state index contributed by atoms with van der Waals surface area (Å²) in [6.07, 6.45) is -1.33. The predicted octanol–water partition coefficient (Wildman–Crippen LogP) is 3.42. The number of hydrogen-bond donors (Lipinski definition) is 2. The first-order valence-corrected chi connectivity index (χ1v) is 12.9. The average Bonchev–Trinajstić information content (AvgIpc) is 3.61. The van der Waals surface area contributed by atoms with Crippen LogP contribution in [0.5, 0.6) is 5.75 Å². The summed E-state index contributed by atoms with van der Waals surface area (Å²) in [5.74, 6) is -0.806. The monoisotopic (exact) mass is 585 g/mol. The second kappa shape index (κ2) is 11.6. The third-order valence-electron chi connectivity index (χ3n) is 6.67. The number of nitrogens with one attached hydrogen (secondary N) is 1. The molecule has 220 valence electrons. The fourth-order valence-corrected chi connectivity index (χ4v) is 4.79. The van der Waals surface area contributed by atoms with E-state index < -0.39 is 29.8 Å². The van der Waals surface area contributed by atoms with Crippen molar-refractivity contribution in [2.24, 2.45) is 5.73 Å². The Morgan fingerprint density at radius 3 is 2.60 bits per heavy atom. The van der Waals surface area contributed by atoms with Crippen molar-refractivity contribution in [2.75, 3.05) is 25.6 Å². The zero-order chi connectivity index (χ0) is 30.0. The fraction of sp³-hybridized carbons (Fsp3) is 0.333. The van der Waals surface area contributed by atoms with Crippen molar-refractivity contribution < 1.29 is 36.7 Å². The Morgan fingerprint density at radius 1 is 1.17 bits per heavy atom. The number of esters is 1. The number of likely N-dealkylation sites (tertiary alicyclic amines) is 1. The number of aromatic nitrogens is 4. The number of pyridine rings is 1. The van der Waals surface area contributed by atoms with Crippen LogP contribution >= 0.6 is 0 Å². The van der Waals surface area contributed by atoms with Gasteiger partial charge in [0.05, 0.1) is 20.3 Å². The number of carbonyl (C=O) groups is 2. The molecule has 4 heterocycles. The number of hydrogen-bond acceptors (Lipinski definition) is 11. The van der Waals surface area contributed by atoms with E-state index >= 15 is 0 Å². The van der Waals surface area contributed by atoms with Crippen molar-refractivity contribution in [1.29, 1.82) is 0 Å². The van der Waals surface area contributed by atoms with Gasteiger partial charge in [-0.1, -0.05) is 0 Å². The highest BCUT2D eigenvalue weighted by Gasteiger charge is 2.43. The lowest BCUT2D eigenvalue weighted by molar-refractivity contribution is -0.147. The lowest BCUT2D eigenvalue weighted by Crippen LogP contribution is -2.42. The third-order valence-corrected chi connectivity index (χ3v) is 6.67. The molecule has 1 fully saturated rings. The van der Waals surface area contributed by atoms with Gasteiger partial charge in [-0.05, 0) is 37.3 Å². The van der Waals surface area contributed by atoms with Gasteiger partial charge in [-0.3, -0.25) is 4.79 Å². The van der Waals surface area contributed by atoms with Crippen LogP contribution in [-0.4, -0.2) is 69.1 Å². The Kier molecular flexibility index (Phi) is 7.93. The second-order valence-corrected chi connectivity index (χ2v) is 9.28. The van der Waals surface area contributed by atoms with Gasteiger partial charge >= 0.3 is 12.1 Å². The molecule has 1 aliphatic heterocycles. The summed E-state index contributed by atoms with van der Waals surface area (Å²) in [5, 5.41) is 3.37. The number of nitrogens with two attached hydrogens (primary N) is 1. The van der Waals surface area contributed by atoms with E-state index in [4.69, 9.17) is 19.6 Å². The van der Waals surface area contributed by atoms with Crippen molar-refractivity contribution >= 4 is 28.7 Å². The van der Waals surface area contributed by atoms with Crippen molar-refractivity contribution in [3.05, 3.63) is 59.9 Å². The number of amides is 1. The van der Waals surface area contributed by atoms with Gasteiger partial charge in [-0.2, -0.15) is 13.2 Å². The topological polar surface area (TPSA) is 159 Å². The van der Waals surface area contributed by atoms with Gasteiger partial charge in [0.15, 0.2) is 11.5 Å². The highest BCUT2D eigenvalue weighted by Crippen LogP contribution is 2.37. The Labute approximate surface area is 237 Å². The fourth-order valence-electron chi connectivity index (χ4n) is 4.79. The molecule has 1 aromatic carbocycles. The average molecular weight is 586 g/mol. The van der Waals surface area contributed by atoms with Crippen LogP contribution in [0.2, 0.25) is 0 Å². The number of alkyl halides is 3. The van der Waals surface area contributed by atoms with Crippen LogP contribution in [0.15, 0.2) is 47.1 Å². The molecule has 15 heteroatoms. The molecule has 0 saturated carbocycles. The summed E-state index contributed by atoms with van der Waals surface area (Å²) in [6.45, 7) is 1.67. The van der Waals surface area contributed by atoms with Gasteiger partial charge < -0.3 is 29.8 Å². The van der Waals surface area contributed by atoms with Crippen LogP contribution in [0.1, 0.15) is 35.3 Å². The molecule has 1 aliphatic rings. The summed E-state index contributed by atoms with van der Waals surface area (Å²) < 4.78 is 56.4. The van der Waals surface area contributed by atoms with E-state index in [-0.39, 0.29) is 71.7 Å². The molecule has 1 saturated heterocycles. The molecule has 0 bridgehead atoms.